The largest absolute Gasteiger partial charge is 0.399 e. The lowest BCUT2D eigenvalue weighted by Gasteiger charge is -2.00. The molecule has 0 fully saturated rings. The fraction of sp³-hybridized carbons (Fsp3) is 0. The van der Waals surface area contributed by atoms with E-state index in [4.69, 9.17) is 11.5 Å². The average molecular weight is 260 g/mol. The summed E-state index contributed by atoms with van der Waals surface area (Å²) >= 11 is 0. The molecule has 0 radical (unpaired) electrons. The molecular formula is C11H9FN6O. The number of benzene rings is 1. The van der Waals surface area contributed by atoms with Crippen LogP contribution in [0.15, 0.2) is 23.0 Å². The topological polar surface area (TPSA) is 126 Å². The summed E-state index contributed by atoms with van der Waals surface area (Å²) < 4.78 is 13.7. The summed E-state index contributed by atoms with van der Waals surface area (Å²) in [4.78, 5) is 24.6. The van der Waals surface area contributed by atoms with Gasteiger partial charge in [-0.2, -0.15) is 4.98 Å². The number of nitrogens with one attached hydrogen (secondary N) is 2. The Kier molecular flexibility index (Phi) is 2.24. The van der Waals surface area contributed by atoms with E-state index in [-0.39, 0.29) is 28.5 Å². The second kappa shape index (κ2) is 3.80. The predicted molar refractivity (Wildman–Crippen MR) is 68.7 cm³/mol. The van der Waals surface area contributed by atoms with Crippen LogP contribution in [-0.4, -0.2) is 19.9 Å². The summed E-state index contributed by atoms with van der Waals surface area (Å²) in [5.74, 6) is -0.385. The number of fused-ring (bicyclic) bond motifs is 1. The Bertz CT molecular complexity index is 837. The molecule has 3 aromatic rings. The molecular weight excluding hydrogens is 251 g/mol. The third-order valence-corrected chi connectivity index (χ3v) is 2.63. The van der Waals surface area contributed by atoms with Gasteiger partial charge < -0.3 is 16.5 Å². The Morgan fingerprint density at radius 3 is 2.74 bits per heavy atom. The summed E-state index contributed by atoms with van der Waals surface area (Å²) in [6.07, 6.45) is 0. The van der Waals surface area contributed by atoms with Crippen molar-refractivity contribution in [3.63, 3.8) is 0 Å². The summed E-state index contributed by atoms with van der Waals surface area (Å²) in [5.41, 5.74) is 11.4. The van der Waals surface area contributed by atoms with Gasteiger partial charge in [0.25, 0.3) is 5.56 Å². The van der Waals surface area contributed by atoms with E-state index >= 15 is 0 Å². The number of anilines is 2. The standard InChI is InChI=1S/C11H9FN6O/c12-6-2-1-4(13)3-5(6)8-15-7-9(16-8)17-11(14)18-10(7)19/h1-3H,13H2,(H4,14,15,16,17,18,19). The van der Waals surface area contributed by atoms with Gasteiger partial charge in [0, 0.05) is 5.69 Å². The second-order valence-electron chi connectivity index (χ2n) is 3.97. The number of H-pyrrole nitrogens is 2. The van der Waals surface area contributed by atoms with E-state index in [2.05, 4.69) is 19.9 Å². The first-order chi connectivity index (χ1) is 9.04. The molecule has 2 heterocycles. The van der Waals surface area contributed by atoms with Gasteiger partial charge in [-0.25, -0.2) is 9.37 Å². The van der Waals surface area contributed by atoms with Crippen LogP contribution in [0, 0.1) is 5.82 Å². The van der Waals surface area contributed by atoms with Gasteiger partial charge in [0.15, 0.2) is 11.2 Å². The SMILES string of the molecule is Nc1ccc(F)c(-c2nc3nc(N)[nH]c(=O)c3[nH]2)c1. The highest BCUT2D eigenvalue weighted by atomic mass is 19.1. The smallest absolute Gasteiger partial charge is 0.278 e. The highest BCUT2D eigenvalue weighted by Gasteiger charge is 2.13. The van der Waals surface area contributed by atoms with E-state index in [0.717, 1.165) is 0 Å². The Morgan fingerprint density at radius 2 is 1.95 bits per heavy atom. The molecule has 0 unspecified atom stereocenters. The van der Waals surface area contributed by atoms with Crippen molar-refractivity contribution < 1.29 is 4.39 Å². The molecule has 8 heteroatoms. The van der Waals surface area contributed by atoms with Gasteiger partial charge in [-0.1, -0.05) is 0 Å². The Morgan fingerprint density at radius 1 is 1.16 bits per heavy atom. The van der Waals surface area contributed by atoms with E-state index in [1.165, 1.54) is 18.2 Å². The molecule has 6 N–H and O–H groups in total. The van der Waals surface area contributed by atoms with Gasteiger partial charge in [-0.15, -0.1) is 0 Å². The van der Waals surface area contributed by atoms with Crippen LogP contribution in [0.4, 0.5) is 16.0 Å². The van der Waals surface area contributed by atoms with Gasteiger partial charge in [0.05, 0.1) is 5.56 Å². The summed E-state index contributed by atoms with van der Waals surface area (Å²) in [6.45, 7) is 0. The van der Waals surface area contributed by atoms with Crippen molar-refractivity contribution in [1.82, 2.24) is 19.9 Å². The fourth-order valence-corrected chi connectivity index (χ4v) is 1.78. The number of aromatic amines is 2. The highest BCUT2D eigenvalue weighted by molar-refractivity contribution is 5.76. The summed E-state index contributed by atoms with van der Waals surface area (Å²) in [7, 11) is 0. The second-order valence-corrected chi connectivity index (χ2v) is 3.97. The van der Waals surface area contributed by atoms with Crippen LogP contribution in [-0.2, 0) is 0 Å². The van der Waals surface area contributed by atoms with Crippen LogP contribution in [0.25, 0.3) is 22.6 Å². The third-order valence-electron chi connectivity index (χ3n) is 2.63. The number of nitrogens with zero attached hydrogens (tertiary/aromatic N) is 2. The molecule has 0 aliphatic carbocycles. The van der Waals surface area contributed by atoms with Crippen molar-refractivity contribution in [3.8, 4) is 11.4 Å². The van der Waals surface area contributed by atoms with E-state index < -0.39 is 11.4 Å². The molecule has 7 nitrogen and oxygen atoms in total. The minimum absolute atomic E-state index is 0.0522. The zero-order chi connectivity index (χ0) is 13.6. The van der Waals surface area contributed by atoms with Crippen LogP contribution in [0.1, 0.15) is 0 Å². The number of rotatable bonds is 1. The van der Waals surface area contributed by atoms with Crippen LogP contribution in [0.5, 0.6) is 0 Å². The first kappa shape index (κ1) is 11.2. The maximum absolute atomic E-state index is 13.7. The maximum atomic E-state index is 13.7. The Hall–Kier alpha value is -2.90. The quantitative estimate of drug-likeness (QED) is 0.477. The lowest BCUT2D eigenvalue weighted by molar-refractivity contribution is 0.630. The van der Waals surface area contributed by atoms with Crippen molar-refractivity contribution in [3.05, 3.63) is 34.4 Å². The Balaban J connectivity index is 2.29. The normalized spacial score (nSPS) is 11.0. The van der Waals surface area contributed by atoms with E-state index in [1.54, 1.807) is 0 Å². The van der Waals surface area contributed by atoms with Crippen LogP contribution < -0.4 is 17.0 Å². The van der Waals surface area contributed by atoms with E-state index in [9.17, 15) is 9.18 Å². The molecule has 1 aromatic carbocycles. The summed E-state index contributed by atoms with van der Waals surface area (Å²) in [6, 6.07) is 4.08. The first-order valence-electron chi connectivity index (χ1n) is 5.35. The van der Waals surface area contributed by atoms with Crippen molar-refractivity contribution in [2.45, 2.75) is 0 Å². The van der Waals surface area contributed by atoms with Gasteiger partial charge >= 0.3 is 0 Å². The zero-order valence-electron chi connectivity index (χ0n) is 9.57. The number of nitrogens with two attached hydrogens (primary N) is 2. The highest BCUT2D eigenvalue weighted by Crippen LogP contribution is 2.23. The van der Waals surface area contributed by atoms with Crippen molar-refractivity contribution >= 4 is 22.8 Å². The number of aromatic nitrogens is 4. The molecule has 0 saturated carbocycles. The molecule has 0 aliphatic rings. The van der Waals surface area contributed by atoms with E-state index in [0.29, 0.717) is 5.69 Å². The van der Waals surface area contributed by atoms with Gasteiger partial charge in [0.2, 0.25) is 5.95 Å². The zero-order valence-corrected chi connectivity index (χ0v) is 9.57. The number of nitrogen functional groups attached to an aromatic ring is 2. The van der Waals surface area contributed by atoms with Crippen LogP contribution in [0.3, 0.4) is 0 Å². The molecule has 0 atom stereocenters. The molecule has 19 heavy (non-hydrogen) atoms. The van der Waals surface area contributed by atoms with Gasteiger partial charge in [-0.05, 0) is 18.2 Å². The van der Waals surface area contributed by atoms with Crippen molar-refractivity contribution in [2.75, 3.05) is 11.5 Å². The number of imidazole rings is 1. The van der Waals surface area contributed by atoms with Gasteiger partial charge in [0.1, 0.15) is 11.6 Å². The molecule has 0 saturated heterocycles. The first-order valence-corrected chi connectivity index (χ1v) is 5.35. The average Bonchev–Trinajstić information content (AvgIpc) is 2.76. The molecule has 96 valence electrons. The molecule has 0 amide bonds. The molecule has 3 rings (SSSR count). The fourth-order valence-electron chi connectivity index (χ4n) is 1.78. The van der Waals surface area contributed by atoms with Crippen molar-refractivity contribution in [1.29, 1.82) is 0 Å². The Labute approximate surface area is 105 Å². The van der Waals surface area contributed by atoms with Gasteiger partial charge in [-0.3, -0.25) is 9.78 Å². The number of hydrogen-bond acceptors (Lipinski definition) is 5. The maximum Gasteiger partial charge on any atom is 0.278 e. The van der Waals surface area contributed by atoms with E-state index in [1.807, 2.05) is 0 Å². The van der Waals surface area contributed by atoms with Crippen LogP contribution in [0.2, 0.25) is 0 Å². The molecule has 2 aromatic heterocycles. The van der Waals surface area contributed by atoms with Crippen molar-refractivity contribution in [2.24, 2.45) is 0 Å². The molecule has 0 aliphatic heterocycles. The third kappa shape index (κ3) is 1.79. The number of halogens is 1. The summed E-state index contributed by atoms with van der Waals surface area (Å²) in [5, 5.41) is 0. The number of hydrogen-bond donors (Lipinski definition) is 4. The minimum atomic E-state index is -0.502. The molecule has 0 spiro atoms. The minimum Gasteiger partial charge on any atom is -0.399 e. The monoisotopic (exact) mass is 260 g/mol. The molecule has 0 bridgehead atoms. The lowest BCUT2D eigenvalue weighted by Crippen LogP contribution is -2.10. The van der Waals surface area contributed by atoms with Crippen LogP contribution >= 0.6 is 0 Å². The predicted octanol–water partition coefficient (Wildman–Crippen LogP) is 0.617. The lowest BCUT2D eigenvalue weighted by atomic mass is 10.2.